The van der Waals surface area contributed by atoms with E-state index in [1.54, 1.807) is 0 Å². The van der Waals surface area contributed by atoms with Gasteiger partial charge < -0.3 is 10.6 Å². The van der Waals surface area contributed by atoms with Gasteiger partial charge in [0, 0.05) is 11.9 Å². The number of hydrogen-bond acceptors (Lipinski definition) is 4. The molecule has 1 atom stereocenters. The summed E-state index contributed by atoms with van der Waals surface area (Å²) >= 11 is 5.96. The van der Waals surface area contributed by atoms with Crippen molar-refractivity contribution in [1.29, 1.82) is 0 Å². The van der Waals surface area contributed by atoms with Crippen molar-refractivity contribution in [2.24, 2.45) is 5.73 Å². The monoisotopic (exact) mass is 276 g/mol. The number of primary amides is 1. The van der Waals surface area contributed by atoms with Crippen LogP contribution in [0.3, 0.4) is 0 Å². The molecule has 0 saturated carbocycles. The summed E-state index contributed by atoms with van der Waals surface area (Å²) in [5.74, 6) is 0.369. The van der Waals surface area contributed by atoms with Crippen LogP contribution in [-0.2, 0) is 4.79 Å². The normalized spacial score (nSPS) is 19.0. The van der Waals surface area contributed by atoms with Crippen LogP contribution < -0.4 is 10.6 Å². The lowest BCUT2D eigenvalue weighted by atomic mass is 10.2. The average molecular weight is 277 g/mol. The highest BCUT2D eigenvalue weighted by atomic mass is 35.5. The zero-order valence-corrected chi connectivity index (χ0v) is 11.0. The van der Waals surface area contributed by atoms with E-state index in [4.69, 9.17) is 17.3 Å². The number of rotatable bonds is 2. The molecule has 98 valence electrons. The molecule has 2 aromatic rings. The molecule has 0 bridgehead atoms. The largest absolute Gasteiger partial charge is 0.368 e. The minimum Gasteiger partial charge on any atom is -0.368 e. The molecular weight excluding hydrogens is 264 g/mol. The molecule has 1 fully saturated rings. The quantitative estimate of drug-likeness (QED) is 0.848. The van der Waals surface area contributed by atoms with Gasteiger partial charge >= 0.3 is 0 Å². The number of nitrogens with zero attached hydrogens (tertiary/aromatic N) is 3. The van der Waals surface area contributed by atoms with Crippen molar-refractivity contribution in [1.82, 2.24) is 9.97 Å². The van der Waals surface area contributed by atoms with Crippen LogP contribution >= 0.6 is 11.6 Å². The molecule has 0 aliphatic carbocycles. The Morgan fingerprint density at radius 1 is 1.37 bits per heavy atom. The minimum absolute atomic E-state index is 0.184. The first-order chi connectivity index (χ1) is 9.16. The summed E-state index contributed by atoms with van der Waals surface area (Å²) in [6, 6.07) is 7.30. The molecule has 19 heavy (non-hydrogen) atoms. The number of aromatic nitrogens is 2. The minimum atomic E-state index is -0.323. The van der Waals surface area contributed by atoms with Gasteiger partial charge in [0.15, 0.2) is 0 Å². The molecule has 1 aromatic carbocycles. The van der Waals surface area contributed by atoms with E-state index in [9.17, 15) is 4.79 Å². The van der Waals surface area contributed by atoms with Crippen LogP contribution in [0.4, 0.5) is 5.82 Å². The molecule has 1 aliphatic rings. The highest BCUT2D eigenvalue weighted by Gasteiger charge is 2.31. The molecule has 0 radical (unpaired) electrons. The lowest BCUT2D eigenvalue weighted by Crippen LogP contribution is -2.40. The molecule has 2 heterocycles. The summed E-state index contributed by atoms with van der Waals surface area (Å²) in [7, 11) is 0. The van der Waals surface area contributed by atoms with Gasteiger partial charge in [0.25, 0.3) is 0 Å². The number of fused-ring (bicyclic) bond motifs is 1. The Morgan fingerprint density at radius 3 is 2.95 bits per heavy atom. The third kappa shape index (κ3) is 2.10. The second kappa shape index (κ2) is 4.66. The molecular formula is C13H13ClN4O. The Balaban J connectivity index is 2.16. The van der Waals surface area contributed by atoms with E-state index < -0.39 is 0 Å². The van der Waals surface area contributed by atoms with Gasteiger partial charge in [0.2, 0.25) is 11.2 Å². The number of carbonyl (C=O) groups excluding carboxylic acids is 1. The number of carbonyl (C=O) groups is 1. The number of hydrogen-bond donors (Lipinski definition) is 1. The maximum absolute atomic E-state index is 11.5. The van der Waals surface area contributed by atoms with Crippen molar-refractivity contribution < 1.29 is 4.79 Å². The van der Waals surface area contributed by atoms with E-state index in [0.29, 0.717) is 5.82 Å². The smallest absolute Gasteiger partial charge is 0.240 e. The Hall–Kier alpha value is -1.88. The summed E-state index contributed by atoms with van der Waals surface area (Å²) < 4.78 is 0. The standard InChI is InChI=1S/C13H13ClN4O/c14-13-16-9-5-2-1-4-8(9)12(17-13)18-7-3-6-10(18)11(15)19/h1-2,4-5,10H,3,6-7H2,(H2,15,19). The molecule has 1 aromatic heterocycles. The maximum atomic E-state index is 11.5. The van der Waals surface area contributed by atoms with Crippen LogP contribution in [0, 0.1) is 0 Å². The zero-order chi connectivity index (χ0) is 13.4. The lowest BCUT2D eigenvalue weighted by molar-refractivity contribution is -0.119. The summed E-state index contributed by atoms with van der Waals surface area (Å²) in [6.45, 7) is 0.755. The molecule has 1 aliphatic heterocycles. The topological polar surface area (TPSA) is 72.1 Å². The van der Waals surface area contributed by atoms with Gasteiger partial charge in [-0.1, -0.05) is 12.1 Å². The zero-order valence-electron chi connectivity index (χ0n) is 10.2. The van der Waals surface area contributed by atoms with Gasteiger partial charge in [-0.2, -0.15) is 4.98 Å². The van der Waals surface area contributed by atoms with E-state index >= 15 is 0 Å². The molecule has 6 heteroatoms. The third-order valence-electron chi connectivity index (χ3n) is 3.41. The first-order valence-electron chi connectivity index (χ1n) is 6.15. The Bertz CT molecular complexity index is 646. The molecule has 0 spiro atoms. The van der Waals surface area contributed by atoms with Crippen molar-refractivity contribution in [3.63, 3.8) is 0 Å². The number of nitrogens with two attached hydrogens (primary N) is 1. The van der Waals surface area contributed by atoms with Crippen molar-refractivity contribution >= 4 is 34.2 Å². The fraction of sp³-hybridized carbons (Fsp3) is 0.308. The van der Waals surface area contributed by atoms with Crippen molar-refractivity contribution in [3.05, 3.63) is 29.5 Å². The second-order valence-electron chi connectivity index (χ2n) is 4.59. The fourth-order valence-corrected chi connectivity index (χ4v) is 2.74. The first kappa shape index (κ1) is 12.2. The Morgan fingerprint density at radius 2 is 2.16 bits per heavy atom. The summed E-state index contributed by atoms with van der Waals surface area (Å²) in [6.07, 6.45) is 1.68. The summed E-state index contributed by atoms with van der Waals surface area (Å²) in [4.78, 5) is 21.9. The van der Waals surface area contributed by atoms with Crippen LogP contribution in [0.2, 0.25) is 5.28 Å². The number of anilines is 1. The van der Waals surface area contributed by atoms with E-state index in [2.05, 4.69) is 9.97 Å². The number of benzene rings is 1. The van der Waals surface area contributed by atoms with Crippen LogP contribution in [0.1, 0.15) is 12.8 Å². The lowest BCUT2D eigenvalue weighted by Gasteiger charge is -2.24. The van der Waals surface area contributed by atoms with Crippen LogP contribution in [0.5, 0.6) is 0 Å². The fourth-order valence-electron chi connectivity index (χ4n) is 2.57. The predicted octanol–water partition coefficient (Wildman–Crippen LogP) is 1.74. The van der Waals surface area contributed by atoms with Gasteiger partial charge in [-0.15, -0.1) is 0 Å². The van der Waals surface area contributed by atoms with E-state index in [-0.39, 0.29) is 17.2 Å². The molecule has 1 amide bonds. The average Bonchev–Trinajstić information content (AvgIpc) is 2.86. The predicted molar refractivity (Wildman–Crippen MR) is 74.1 cm³/mol. The van der Waals surface area contributed by atoms with E-state index in [1.807, 2.05) is 29.2 Å². The second-order valence-corrected chi connectivity index (χ2v) is 4.93. The molecule has 1 saturated heterocycles. The number of halogens is 1. The molecule has 5 nitrogen and oxygen atoms in total. The highest BCUT2D eigenvalue weighted by molar-refractivity contribution is 6.28. The summed E-state index contributed by atoms with van der Waals surface area (Å²) in [5.41, 5.74) is 6.22. The maximum Gasteiger partial charge on any atom is 0.240 e. The molecule has 3 rings (SSSR count). The van der Waals surface area contributed by atoms with Crippen molar-refractivity contribution in [3.8, 4) is 0 Å². The van der Waals surface area contributed by atoms with Gasteiger partial charge in [-0.25, -0.2) is 4.98 Å². The SMILES string of the molecule is NC(=O)C1CCCN1c1nc(Cl)nc2ccccc12. The Labute approximate surface area is 115 Å². The summed E-state index contributed by atoms with van der Waals surface area (Å²) in [5, 5.41) is 1.07. The third-order valence-corrected chi connectivity index (χ3v) is 3.58. The van der Waals surface area contributed by atoms with Gasteiger partial charge in [-0.3, -0.25) is 4.79 Å². The van der Waals surface area contributed by atoms with Crippen LogP contribution in [0.25, 0.3) is 10.9 Å². The molecule has 2 N–H and O–H groups in total. The Kier molecular flexibility index (Phi) is 2.98. The highest BCUT2D eigenvalue weighted by Crippen LogP contribution is 2.30. The van der Waals surface area contributed by atoms with Crippen molar-refractivity contribution in [2.75, 3.05) is 11.4 Å². The van der Waals surface area contributed by atoms with Gasteiger partial charge in [0.05, 0.1) is 5.52 Å². The molecule has 1 unspecified atom stereocenters. The van der Waals surface area contributed by atoms with Crippen LogP contribution in [-0.4, -0.2) is 28.5 Å². The van der Waals surface area contributed by atoms with E-state index in [1.165, 1.54) is 0 Å². The first-order valence-corrected chi connectivity index (χ1v) is 6.53. The van der Waals surface area contributed by atoms with Gasteiger partial charge in [-0.05, 0) is 36.6 Å². The number of para-hydroxylation sites is 1. The van der Waals surface area contributed by atoms with E-state index in [0.717, 1.165) is 30.3 Å². The van der Waals surface area contributed by atoms with Crippen molar-refractivity contribution in [2.45, 2.75) is 18.9 Å². The van der Waals surface area contributed by atoms with Crippen LogP contribution in [0.15, 0.2) is 24.3 Å². The van der Waals surface area contributed by atoms with Gasteiger partial charge in [0.1, 0.15) is 11.9 Å². The number of amides is 1.